The zero-order valence-electron chi connectivity index (χ0n) is 27.6. The van der Waals surface area contributed by atoms with Crippen molar-refractivity contribution >= 4 is 23.2 Å². The van der Waals surface area contributed by atoms with Crippen LogP contribution < -0.4 is 5.56 Å². The van der Waals surface area contributed by atoms with Crippen LogP contribution >= 0.6 is 11.3 Å². The van der Waals surface area contributed by atoms with Crippen molar-refractivity contribution in [3.8, 4) is 0 Å². The molecular weight excluding hydrogens is 653 g/mol. The Morgan fingerprint density at radius 2 is 1.67 bits per heavy atom. The maximum Gasteiger partial charge on any atom is 0.416 e. The fourth-order valence-electron chi connectivity index (χ4n) is 8.16. The molecule has 0 unspecified atom stereocenters. The summed E-state index contributed by atoms with van der Waals surface area (Å²) in [7, 11) is 0. The van der Waals surface area contributed by atoms with Gasteiger partial charge in [0.05, 0.1) is 34.3 Å². The highest BCUT2D eigenvalue weighted by Gasteiger charge is 2.50. The number of carbonyl (C=O) groups excluding carboxylic acids is 2. The minimum absolute atomic E-state index is 0.102. The third-order valence-electron chi connectivity index (χ3n) is 11.1. The van der Waals surface area contributed by atoms with Crippen molar-refractivity contribution in [3.63, 3.8) is 0 Å². The summed E-state index contributed by atoms with van der Waals surface area (Å²) in [4.78, 5) is 53.5. The number of hydrogen-bond donors (Lipinski definition) is 2. The molecule has 8 nitrogen and oxygen atoms in total. The Bertz CT molecular complexity index is 1740. The van der Waals surface area contributed by atoms with Crippen LogP contribution in [0.5, 0.6) is 0 Å². The Morgan fingerprint density at radius 3 is 2.31 bits per heavy atom. The first-order chi connectivity index (χ1) is 23.5. The maximum absolute atomic E-state index is 14.2. The van der Waals surface area contributed by atoms with Crippen LogP contribution in [0.25, 0.3) is 0 Å². The molecule has 1 aromatic carbocycles. The van der Waals surface area contributed by atoms with Gasteiger partial charge in [0.15, 0.2) is 6.10 Å². The monoisotopic (exact) mass is 696 g/mol. The van der Waals surface area contributed by atoms with E-state index in [-0.39, 0.29) is 30.1 Å². The molecule has 49 heavy (non-hydrogen) atoms. The number of hydrogen-bond acceptors (Lipinski definition) is 6. The van der Waals surface area contributed by atoms with E-state index >= 15 is 0 Å². The fraction of sp³-hybridized carbons (Fsp3) is 0.568. The smallest absolute Gasteiger partial charge is 0.378 e. The first kappa shape index (κ1) is 34.0. The van der Waals surface area contributed by atoms with Crippen molar-refractivity contribution in [2.45, 2.75) is 126 Å². The van der Waals surface area contributed by atoms with Crippen molar-refractivity contribution in [3.05, 3.63) is 84.7 Å². The number of aryl methyl sites for hydroxylation is 1. The molecule has 12 heteroatoms. The summed E-state index contributed by atoms with van der Waals surface area (Å²) in [5, 5.41) is 12.7. The zero-order chi connectivity index (χ0) is 34.3. The number of benzene rings is 1. The molecule has 0 spiro atoms. The number of nitrogens with one attached hydrogen (secondary N) is 1. The quantitative estimate of drug-likeness (QED) is 0.276. The van der Waals surface area contributed by atoms with Crippen molar-refractivity contribution < 1.29 is 27.9 Å². The van der Waals surface area contributed by atoms with E-state index in [0.29, 0.717) is 47.6 Å². The number of halogens is 3. The van der Waals surface area contributed by atoms with Gasteiger partial charge in [-0.05, 0) is 75.1 Å². The van der Waals surface area contributed by atoms with Gasteiger partial charge in [-0.2, -0.15) is 13.2 Å². The molecule has 2 aromatic heterocycles. The highest BCUT2D eigenvalue weighted by atomic mass is 32.1. The molecule has 1 atom stereocenters. The maximum atomic E-state index is 14.2. The van der Waals surface area contributed by atoms with Crippen molar-refractivity contribution in [2.75, 3.05) is 6.54 Å². The highest BCUT2D eigenvalue weighted by molar-refractivity contribution is 7.10. The molecule has 2 amide bonds. The molecule has 0 bridgehead atoms. The summed E-state index contributed by atoms with van der Waals surface area (Å²) in [5.41, 5.74) is -0.327. The Kier molecular flexibility index (Phi) is 9.47. The van der Waals surface area contributed by atoms with Crippen LogP contribution in [-0.2, 0) is 29.4 Å². The minimum atomic E-state index is -4.61. The van der Waals surface area contributed by atoms with Gasteiger partial charge in [-0.3, -0.25) is 14.4 Å². The number of aliphatic hydroxyl groups excluding tert-OH is 1. The summed E-state index contributed by atoms with van der Waals surface area (Å²) in [6.07, 6.45) is 7.50. The fourth-order valence-corrected chi connectivity index (χ4v) is 9.30. The second kappa shape index (κ2) is 13.7. The number of aromatic nitrogens is 2. The lowest BCUT2D eigenvalue weighted by molar-refractivity contribution is -0.142. The summed E-state index contributed by atoms with van der Waals surface area (Å²) in [5.74, 6) is -0.0737. The largest absolute Gasteiger partial charge is 0.416 e. The SMILES string of the molecule is O=C([C@H](O)c1cccc(C(F)(F)F)c1)N1CCCc2nc(C3(c4cc(C(=O)N(C5CCCCC5)C5CCCCC5)cs4)CC3)[nH]c(=O)c2C1. The van der Waals surface area contributed by atoms with Crippen molar-refractivity contribution in [1.29, 1.82) is 0 Å². The topological polar surface area (TPSA) is 107 Å². The number of H-pyrrole nitrogens is 1. The van der Waals surface area contributed by atoms with Crippen LogP contribution in [0.15, 0.2) is 40.5 Å². The molecule has 3 fully saturated rings. The average molecular weight is 697 g/mol. The number of fused-ring (bicyclic) bond motifs is 1. The molecule has 3 heterocycles. The Labute approximate surface area is 287 Å². The molecule has 0 saturated heterocycles. The van der Waals surface area contributed by atoms with Crippen LogP contribution in [-0.4, -0.2) is 55.3 Å². The minimum Gasteiger partial charge on any atom is -0.378 e. The normalized spacial score (nSPS) is 20.7. The number of thiophene rings is 1. The van der Waals surface area contributed by atoms with Gasteiger partial charge in [-0.25, -0.2) is 4.98 Å². The second-order valence-corrected chi connectivity index (χ2v) is 15.2. The lowest BCUT2D eigenvalue weighted by atomic mass is 9.88. The average Bonchev–Trinajstić information content (AvgIpc) is 3.82. The van der Waals surface area contributed by atoms with Gasteiger partial charge in [0.1, 0.15) is 5.82 Å². The van der Waals surface area contributed by atoms with E-state index in [0.717, 1.165) is 61.6 Å². The van der Waals surface area contributed by atoms with Crippen molar-refractivity contribution in [2.24, 2.45) is 0 Å². The van der Waals surface area contributed by atoms with Crippen LogP contribution in [0.1, 0.15) is 133 Å². The highest BCUT2D eigenvalue weighted by Crippen LogP contribution is 2.54. The molecule has 7 rings (SSSR count). The number of alkyl halides is 3. The molecule has 4 aliphatic rings. The van der Waals surface area contributed by atoms with Gasteiger partial charge < -0.3 is 19.9 Å². The number of amides is 2. The van der Waals surface area contributed by atoms with Gasteiger partial charge in [0.2, 0.25) is 0 Å². The molecular formula is C37H43F3N4O4S. The first-order valence-corrected chi connectivity index (χ1v) is 18.6. The summed E-state index contributed by atoms with van der Waals surface area (Å²) in [6, 6.07) is 6.71. The molecule has 2 N–H and O–H groups in total. The molecule has 3 aliphatic carbocycles. The van der Waals surface area contributed by atoms with E-state index in [9.17, 15) is 32.7 Å². The van der Waals surface area contributed by atoms with Gasteiger partial charge in [-0.1, -0.05) is 50.7 Å². The summed E-state index contributed by atoms with van der Waals surface area (Å²) in [6.45, 7) is 0.121. The van der Waals surface area contributed by atoms with E-state index in [2.05, 4.69) is 9.88 Å². The predicted molar refractivity (Wildman–Crippen MR) is 179 cm³/mol. The van der Waals surface area contributed by atoms with Gasteiger partial charge in [0, 0.05) is 28.9 Å². The Balaban J connectivity index is 1.10. The second-order valence-electron chi connectivity index (χ2n) is 14.3. The molecule has 3 aromatic rings. The number of aliphatic hydroxyl groups is 1. The number of rotatable bonds is 7. The first-order valence-electron chi connectivity index (χ1n) is 17.7. The number of carbonyl (C=O) groups is 2. The molecule has 262 valence electrons. The van der Waals surface area contributed by atoms with Gasteiger partial charge >= 0.3 is 6.18 Å². The standard InChI is InChI=1S/C37H43F3N4O4S/c38-37(39,40)25-10-7-9-23(19-25)31(45)34(48)43-18-8-15-29-28(21-43)32(46)42-35(41-29)36(16-17-36)30-20-24(22-49-30)33(47)44(26-11-3-1-4-12-26)27-13-5-2-6-14-27/h7,9-10,19-20,22,26-27,31,45H,1-6,8,11-18,21H2,(H,41,42,46)/t31-/m1/s1. The van der Waals surface area contributed by atoms with E-state index < -0.39 is 29.2 Å². The van der Waals surface area contributed by atoms with E-state index in [1.165, 1.54) is 49.5 Å². The van der Waals surface area contributed by atoms with Crippen molar-refractivity contribution in [1.82, 2.24) is 19.8 Å². The third kappa shape index (κ3) is 6.82. The van der Waals surface area contributed by atoms with Crippen LogP contribution in [0.4, 0.5) is 13.2 Å². The lowest BCUT2D eigenvalue weighted by Crippen LogP contribution is -2.48. The Hall–Kier alpha value is -3.51. The number of nitrogens with zero attached hydrogens (tertiary/aromatic N) is 3. The van der Waals surface area contributed by atoms with Gasteiger partial charge in [0.25, 0.3) is 17.4 Å². The van der Waals surface area contributed by atoms with Gasteiger partial charge in [-0.15, -0.1) is 11.3 Å². The molecule has 3 saturated carbocycles. The molecule has 0 radical (unpaired) electrons. The predicted octanol–water partition coefficient (Wildman–Crippen LogP) is 7.05. The summed E-state index contributed by atoms with van der Waals surface area (Å²) < 4.78 is 39.8. The molecule has 1 aliphatic heterocycles. The van der Waals surface area contributed by atoms with Crippen LogP contribution in [0, 0.1) is 0 Å². The zero-order valence-corrected chi connectivity index (χ0v) is 28.4. The van der Waals surface area contributed by atoms with Crippen LogP contribution in [0.2, 0.25) is 0 Å². The van der Waals surface area contributed by atoms with E-state index in [1.54, 1.807) is 11.3 Å². The third-order valence-corrected chi connectivity index (χ3v) is 12.2. The number of aromatic amines is 1. The summed E-state index contributed by atoms with van der Waals surface area (Å²) >= 11 is 1.55. The van der Waals surface area contributed by atoms with E-state index in [4.69, 9.17) is 4.98 Å². The lowest BCUT2D eigenvalue weighted by Gasteiger charge is -2.41. The van der Waals surface area contributed by atoms with Crippen LogP contribution in [0.3, 0.4) is 0 Å². The Morgan fingerprint density at radius 1 is 1.00 bits per heavy atom. The van der Waals surface area contributed by atoms with E-state index in [1.807, 2.05) is 11.4 Å².